The number of nitrogens with two attached hydrogens (primary N) is 1. The van der Waals surface area contributed by atoms with E-state index in [0.29, 0.717) is 19.4 Å². The Kier molecular flexibility index (Phi) is 8.52. The summed E-state index contributed by atoms with van der Waals surface area (Å²) < 4.78 is 0. The lowest BCUT2D eigenvalue weighted by atomic mass is 10.1. The summed E-state index contributed by atoms with van der Waals surface area (Å²) >= 11 is 0. The van der Waals surface area contributed by atoms with Gasteiger partial charge in [-0.3, -0.25) is 4.79 Å². The van der Waals surface area contributed by atoms with Crippen molar-refractivity contribution in [1.29, 1.82) is 0 Å². The highest BCUT2D eigenvalue weighted by Gasteiger charge is 2.17. The molecule has 1 amide bonds. The molecule has 0 aromatic rings. The van der Waals surface area contributed by atoms with Gasteiger partial charge in [0.15, 0.2) is 0 Å². The minimum atomic E-state index is -0.961. The van der Waals surface area contributed by atoms with Gasteiger partial charge in [-0.2, -0.15) is 0 Å². The Labute approximate surface area is 96.4 Å². The van der Waals surface area contributed by atoms with Crippen LogP contribution in [-0.4, -0.2) is 29.6 Å². The van der Waals surface area contributed by atoms with Crippen molar-refractivity contribution in [2.24, 2.45) is 5.73 Å². The van der Waals surface area contributed by atoms with Crippen LogP contribution < -0.4 is 11.1 Å². The molecule has 0 spiro atoms. The first-order chi connectivity index (χ1) is 7.61. The van der Waals surface area contributed by atoms with E-state index < -0.39 is 12.0 Å². The van der Waals surface area contributed by atoms with Gasteiger partial charge in [-0.1, -0.05) is 19.8 Å². The number of carboxylic acids is 1. The van der Waals surface area contributed by atoms with Crippen molar-refractivity contribution in [2.45, 2.75) is 51.5 Å². The number of carbonyl (C=O) groups excluding carboxylic acids is 1. The first kappa shape index (κ1) is 14.9. The van der Waals surface area contributed by atoms with E-state index in [2.05, 4.69) is 5.32 Å². The van der Waals surface area contributed by atoms with Gasteiger partial charge in [-0.15, -0.1) is 0 Å². The number of carbonyl (C=O) groups is 2. The molecule has 94 valence electrons. The van der Waals surface area contributed by atoms with Crippen LogP contribution in [0, 0.1) is 0 Å². The van der Waals surface area contributed by atoms with Crippen molar-refractivity contribution in [3.63, 3.8) is 0 Å². The van der Waals surface area contributed by atoms with E-state index in [1.54, 1.807) is 0 Å². The van der Waals surface area contributed by atoms with Gasteiger partial charge in [0, 0.05) is 6.42 Å². The van der Waals surface area contributed by atoms with Gasteiger partial charge in [-0.25, -0.2) is 4.79 Å². The largest absolute Gasteiger partial charge is 0.480 e. The summed E-state index contributed by atoms with van der Waals surface area (Å²) in [5.41, 5.74) is 5.33. The molecular weight excluding hydrogens is 208 g/mol. The molecule has 4 N–H and O–H groups in total. The fraction of sp³-hybridized carbons (Fsp3) is 0.818. The molecule has 1 atom stereocenters. The van der Waals surface area contributed by atoms with E-state index in [9.17, 15) is 9.59 Å². The fourth-order valence-electron chi connectivity index (χ4n) is 1.42. The van der Waals surface area contributed by atoms with Crippen molar-refractivity contribution in [2.75, 3.05) is 6.54 Å². The number of hydrogen-bond donors (Lipinski definition) is 3. The number of amides is 1. The van der Waals surface area contributed by atoms with Crippen LogP contribution in [0.3, 0.4) is 0 Å². The second kappa shape index (κ2) is 9.15. The van der Waals surface area contributed by atoms with Crippen molar-refractivity contribution in [1.82, 2.24) is 5.32 Å². The first-order valence-corrected chi connectivity index (χ1v) is 5.84. The highest BCUT2D eigenvalue weighted by molar-refractivity contribution is 5.83. The molecular formula is C11H22N2O3. The third-order valence-electron chi connectivity index (χ3n) is 2.32. The topological polar surface area (TPSA) is 92.4 Å². The Bertz CT molecular complexity index is 219. The van der Waals surface area contributed by atoms with Gasteiger partial charge >= 0.3 is 5.97 Å². The lowest BCUT2D eigenvalue weighted by Crippen LogP contribution is -2.40. The smallest absolute Gasteiger partial charge is 0.326 e. The van der Waals surface area contributed by atoms with E-state index >= 15 is 0 Å². The van der Waals surface area contributed by atoms with E-state index in [4.69, 9.17) is 10.8 Å². The monoisotopic (exact) mass is 230 g/mol. The highest BCUT2D eigenvalue weighted by atomic mass is 16.4. The van der Waals surface area contributed by atoms with E-state index in [1.807, 2.05) is 6.92 Å². The number of hydrogen-bond acceptors (Lipinski definition) is 3. The maximum atomic E-state index is 11.4. The maximum absolute atomic E-state index is 11.4. The molecule has 16 heavy (non-hydrogen) atoms. The zero-order valence-electron chi connectivity index (χ0n) is 9.87. The van der Waals surface area contributed by atoms with E-state index in [1.165, 1.54) is 0 Å². The second-order valence-electron chi connectivity index (χ2n) is 3.85. The number of nitrogens with one attached hydrogen (secondary N) is 1. The second-order valence-corrected chi connectivity index (χ2v) is 3.85. The Morgan fingerprint density at radius 2 is 2.00 bits per heavy atom. The molecule has 5 heteroatoms. The van der Waals surface area contributed by atoms with E-state index in [0.717, 1.165) is 25.7 Å². The summed E-state index contributed by atoms with van der Waals surface area (Å²) in [6, 6.07) is -0.744. The fourth-order valence-corrected chi connectivity index (χ4v) is 1.42. The number of unbranched alkanes of at least 4 members (excludes halogenated alkanes) is 2. The molecule has 0 fully saturated rings. The van der Waals surface area contributed by atoms with Gasteiger partial charge in [0.1, 0.15) is 6.04 Å². The van der Waals surface area contributed by atoms with Crippen LogP contribution in [0.1, 0.15) is 45.4 Å². The molecule has 0 aromatic carbocycles. The average molecular weight is 230 g/mol. The average Bonchev–Trinajstić information content (AvgIpc) is 2.23. The van der Waals surface area contributed by atoms with Gasteiger partial charge in [0.25, 0.3) is 0 Å². The van der Waals surface area contributed by atoms with Crippen LogP contribution in [0.2, 0.25) is 0 Å². The highest BCUT2D eigenvalue weighted by Crippen LogP contribution is 2.01. The minimum absolute atomic E-state index is 0.183. The quantitative estimate of drug-likeness (QED) is 0.512. The zero-order valence-corrected chi connectivity index (χ0v) is 9.87. The summed E-state index contributed by atoms with van der Waals surface area (Å²) in [4.78, 5) is 22.2. The Hall–Kier alpha value is -1.10. The number of carboxylic acid groups (broad SMARTS) is 1. The SMILES string of the molecule is CCCC(NC(=O)CCCCCN)C(=O)O. The van der Waals surface area contributed by atoms with Gasteiger partial charge in [0.2, 0.25) is 5.91 Å². The molecule has 0 heterocycles. The number of rotatable bonds is 9. The Morgan fingerprint density at radius 3 is 2.50 bits per heavy atom. The molecule has 1 unspecified atom stereocenters. The molecule has 0 aliphatic carbocycles. The Balaban J connectivity index is 3.77. The van der Waals surface area contributed by atoms with Crippen LogP contribution in [0.25, 0.3) is 0 Å². The zero-order chi connectivity index (χ0) is 12.4. The molecule has 0 aromatic heterocycles. The van der Waals surface area contributed by atoms with Gasteiger partial charge in [-0.05, 0) is 25.8 Å². The third-order valence-corrected chi connectivity index (χ3v) is 2.32. The summed E-state index contributed by atoms with van der Waals surface area (Å²) in [6.07, 6.45) is 4.18. The minimum Gasteiger partial charge on any atom is -0.480 e. The van der Waals surface area contributed by atoms with Crippen LogP contribution in [0.15, 0.2) is 0 Å². The van der Waals surface area contributed by atoms with Gasteiger partial charge < -0.3 is 16.2 Å². The van der Waals surface area contributed by atoms with Crippen LogP contribution in [0.5, 0.6) is 0 Å². The summed E-state index contributed by atoms with van der Waals surface area (Å²) in [5.74, 6) is -1.14. The van der Waals surface area contributed by atoms with Crippen LogP contribution in [-0.2, 0) is 9.59 Å². The van der Waals surface area contributed by atoms with Crippen LogP contribution in [0.4, 0.5) is 0 Å². The van der Waals surface area contributed by atoms with Crippen molar-refractivity contribution < 1.29 is 14.7 Å². The molecule has 0 aliphatic rings. The third kappa shape index (κ3) is 7.23. The van der Waals surface area contributed by atoms with Crippen molar-refractivity contribution in [3.8, 4) is 0 Å². The van der Waals surface area contributed by atoms with Gasteiger partial charge in [0.05, 0.1) is 0 Å². The van der Waals surface area contributed by atoms with Crippen LogP contribution >= 0.6 is 0 Å². The maximum Gasteiger partial charge on any atom is 0.326 e. The summed E-state index contributed by atoms with van der Waals surface area (Å²) in [7, 11) is 0. The van der Waals surface area contributed by atoms with Crippen molar-refractivity contribution >= 4 is 11.9 Å². The summed E-state index contributed by atoms with van der Waals surface area (Å²) in [5, 5.41) is 11.4. The standard InChI is InChI=1S/C11H22N2O3/c1-2-6-9(11(15)16)13-10(14)7-4-3-5-8-12/h9H,2-8,12H2,1H3,(H,13,14)(H,15,16). The molecule has 0 aliphatic heterocycles. The summed E-state index contributed by atoms with van der Waals surface area (Å²) in [6.45, 7) is 2.53. The number of aliphatic carboxylic acids is 1. The lowest BCUT2D eigenvalue weighted by Gasteiger charge is -2.13. The molecule has 5 nitrogen and oxygen atoms in total. The normalized spacial score (nSPS) is 12.1. The molecule has 0 saturated heterocycles. The Morgan fingerprint density at radius 1 is 1.31 bits per heavy atom. The predicted molar refractivity (Wildman–Crippen MR) is 62.0 cm³/mol. The molecule has 0 radical (unpaired) electrons. The molecule has 0 bridgehead atoms. The lowest BCUT2D eigenvalue weighted by molar-refractivity contribution is -0.142. The van der Waals surface area contributed by atoms with E-state index in [-0.39, 0.29) is 5.91 Å². The van der Waals surface area contributed by atoms with Crippen molar-refractivity contribution in [3.05, 3.63) is 0 Å². The predicted octanol–water partition coefficient (Wildman–Crippen LogP) is 0.875. The molecule has 0 rings (SSSR count). The molecule has 0 saturated carbocycles. The first-order valence-electron chi connectivity index (χ1n) is 5.84.